The van der Waals surface area contributed by atoms with Crippen molar-refractivity contribution in [1.29, 1.82) is 0 Å². The molecule has 0 bridgehead atoms. The maximum atomic E-state index is 10.5. The van der Waals surface area contributed by atoms with Gasteiger partial charge in [-0.1, -0.05) is 12.1 Å². The van der Waals surface area contributed by atoms with E-state index < -0.39 is 5.97 Å². The second kappa shape index (κ2) is 7.04. The Hall–Kier alpha value is -1.69. The number of azo groups is 1. The third-order valence-electron chi connectivity index (χ3n) is 2.28. The van der Waals surface area contributed by atoms with Gasteiger partial charge in [0.1, 0.15) is 0 Å². The maximum absolute atomic E-state index is 10.5. The first-order chi connectivity index (χ1) is 8.65. The first-order valence-corrected chi connectivity index (χ1v) is 5.24. The first-order valence-electron chi connectivity index (χ1n) is 5.24. The van der Waals surface area contributed by atoms with E-state index in [1.807, 2.05) is 0 Å². The largest absolute Gasteiger partial charge is 1.00 e. The summed E-state index contributed by atoms with van der Waals surface area (Å²) in [6.07, 6.45) is 0. The van der Waals surface area contributed by atoms with Crippen molar-refractivity contribution < 1.29 is 39.5 Å². The zero-order valence-corrected chi connectivity index (χ0v) is 12.4. The molecule has 0 saturated heterocycles. The number of carboxylic acids is 1. The van der Waals surface area contributed by atoms with E-state index >= 15 is 0 Å². The van der Waals surface area contributed by atoms with E-state index in [9.17, 15) is 9.90 Å². The summed E-state index contributed by atoms with van der Waals surface area (Å²) in [5, 5.41) is 18.5. The van der Waals surface area contributed by atoms with Gasteiger partial charge < -0.3 is 15.6 Å². The molecule has 0 atom stereocenters. The average Bonchev–Trinajstić information content (AvgIpc) is 2.38. The van der Waals surface area contributed by atoms with Gasteiger partial charge in [-0.2, -0.15) is 10.2 Å². The van der Waals surface area contributed by atoms with Crippen molar-refractivity contribution in [3.63, 3.8) is 0 Å². The molecule has 0 radical (unpaired) electrons. The molecule has 2 aromatic carbocycles. The van der Waals surface area contributed by atoms with E-state index in [0.29, 0.717) is 17.1 Å². The van der Waals surface area contributed by atoms with Crippen molar-refractivity contribution >= 4 is 23.0 Å². The maximum Gasteiger partial charge on any atom is 1.00 e. The number of nitrogen functional groups attached to an aromatic ring is 1. The number of nitrogens with two attached hydrogens (primary N) is 1. The van der Waals surface area contributed by atoms with E-state index in [1.165, 1.54) is 12.1 Å². The van der Waals surface area contributed by atoms with E-state index in [0.717, 1.165) is 0 Å². The van der Waals surface area contributed by atoms with Crippen LogP contribution >= 0.6 is 0 Å². The SMILES string of the molecule is Nc1ccc(N=Nc2ccc(C(=O)[O-])cc2)cc1.[Na+]. The summed E-state index contributed by atoms with van der Waals surface area (Å²) in [5.41, 5.74) is 7.56. The van der Waals surface area contributed by atoms with E-state index in [1.54, 1.807) is 36.4 Å². The molecule has 2 aromatic rings. The summed E-state index contributed by atoms with van der Waals surface area (Å²) in [5.74, 6) is -1.21. The smallest absolute Gasteiger partial charge is 0.545 e. The van der Waals surface area contributed by atoms with Gasteiger partial charge in [-0.05, 0) is 42.0 Å². The molecule has 0 aromatic heterocycles. The number of carbonyl (C=O) groups excluding carboxylic acids is 1. The molecule has 2 rings (SSSR count). The number of rotatable bonds is 3. The summed E-state index contributed by atoms with van der Waals surface area (Å²) in [6.45, 7) is 0. The van der Waals surface area contributed by atoms with Crippen molar-refractivity contribution in [2.75, 3.05) is 5.73 Å². The Morgan fingerprint density at radius 3 is 1.74 bits per heavy atom. The van der Waals surface area contributed by atoms with Crippen LogP contribution in [0, 0.1) is 0 Å². The number of nitrogens with zero attached hydrogens (tertiary/aromatic N) is 2. The quantitative estimate of drug-likeness (QED) is 0.440. The molecule has 6 heteroatoms. The van der Waals surface area contributed by atoms with Crippen molar-refractivity contribution in [2.24, 2.45) is 10.2 Å². The standard InChI is InChI=1S/C13H11N3O2.Na/c14-10-3-7-12(8-4-10)16-15-11-5-1-9(2-6-11)13(17)18;/h1-8H,14H2,(H,17,18);/q;+1/p-1. The fraction of sp³-hybridized carbons (Fsp3) is 0. The van der Waals surface area contributed by atoms with Crippen LogP contribution in [0.5, 0.6) is 0 Å². The van der Waals surface area contributed by atoms with Crippen LogP contribution in [0.1, 0.15) is 10.4 Å². The topological polar surface area (TPSA) is 90.9 Å². The van der Waals surface area contributed by atoms with Crippen molar-refractivity contribution in [3.05, 3.63) is 54.1 Å². The fourth-order valence-corrected chi connectivity index (χ4v) is 1.32. The molecule has 0 saturated carbocycles. The van der Waals surface area contributed by atoms with Crippen molar-refractivity contribution in [3.8, 4) is 0 Å². The molecule has 5 nitrogen and oxygen atoms in total. The molecule has 0 fully saturated rings. The monoisotopic (exact) mass is 263 g/mol. The molecule has 19 heavy (non-hydrogen) atoms. The fourth-order valence-electron chi connectivity index (χ4n) is 1.32. The minimum Gasteiger partial charge on any atom is -0.545 e. The van der Waals surface area contributed by atoms with Gasteiger partial charge in [0.2, 0.25) is 0 Å². The number of aromatic carboxylic acids is 1. The number of carboxylic acid groups (broad SMARTS) is 1. The number of benzene rings is 2. The first kappa shape index (κ1) is 15.4. The molecule has 0 aliphatic heterocycles. The number of anilines is 1. The Balaban J connectivity index is 0.00000180. The van der Waals surface area contributed by atoms with Gasteiger partial charge >= 0.3 is 29.6 Å². The Bertz CT molecular complexity index is 580. The zero-order valence-electron chi connectivity index (χ0n) is 10.4. The van der Waals surface area contributed by atoms with Gasteiger partial charge in [-0.15, -0.1) is 0 Å². The third-order valence-corrected chi connectivity index (χ3v) is 2.28. The van der Waals surface area contributed by atoms with Gasteiger partial charge in [-0.3, -0.25) is 0 Å². The number of carbonyl (C=O) groups is 1. The van der Waals surface area contributed by atoms with Gasteiger partial charge in [0.25, 0.3) is 0 Å². The van der Waals surface area contributed by atoms with Crippen LogP contribution in [0.4, 0.5) is 17.1 Å². The Morgan fingerprint density at radius 1 is 0.895 bits per heavy atom. The van der Waals surface area contributed by atoms with E-state index in [4.69, 9.17) is 5.73 Å². The zero-order chi connectivity index (χ0) is 13.0. The van der Waals surface area contributed by atoms with Crippen LogP contribution < -0.4 is 40.4 Å². The molecule has 0 spiro atoms. The minimum atomic E-state index is -1.21. The van der Waals surface area contributed by atoms with Crippen molar-refractivity contribution in [2.45, 2.75) is 0 Å². The normalized spacial score (nSPS) is 10.1. The Kier molecular flexibility index (Phi) is 5.69. The van der Waals surface area contributed by atoms with Crippen LogP contribution in [0.25, 0.3) is 0 Å². The molecule has 0 heterocycles. The molecule has 0 aliphatic carbocycles. The van der Waals surface area contributed by atoms with Crippen LogP contribution in [0.2, 0.25) is 0 Å². The predicted molar refractivity (Wildman–Crippen MR) is 65.8 cm³/mol. The van der Waals surface area contributed by atoms with Crippen molar-refractivity contribution in [1.82, 2.24) is 0 Å². The van der Waals surface area contributed by atoms with Gasteiger partial charge in [0, 0.05) is 5.69 Å². The number of hydrogen-bond donors (Lipinski definition) is 1. The summed E-state index contributed by atoms with van der Waals surface area (Å²) >= 11 is 0. The Morgan fingerprint density at radius 2 is 1.32 bits per heavy atom. The van der Waals surface area contributed by atoms with Gasteiger partial charge in [0.05, 0.1) is 17.3 Å². The third kappa shape index (κ3) is 4.48. The summed E-state index contributed by atoms with van der Waals surface area (Å²) in [7, 11) is 0. The predicted octanol–water partition coefficient (Wildman–Crippen LogP) is -0.948. The Labute approximate surface area is 132 Å². The van der Waals surface area contributed by atoms with Crippen LogP contribution in [-0.4, -0.2) is 5.97 Å². The molecule has 90 valence electrons. The average molecular weight is 263 g/mol. The summed E-state index contributed by atoms with van der Waals surface area (Å²) in [4.78, 5) is 10.5. The molecular formula is C13H10N3NaO2. The molecule has 0 aliphatic rings. The van der Waals surface area contributed by atoms with Crippen LogP contribution in [-0.2, 0) is 0 Å². The van der Waals surface area contributed by atoms with Gasteiger partial charge in [0.15, 0.2) is 0 Å². The van der Waals surface area contributed by atoms with Gasteiger partial charge in [-0.25, -0.2) is 0 Å². The van der Waals surface area contributed by atoms with Crippen LogP contribution in [0.15, 0.2) is 58.8 Å². The molecule has 0 amide bonds. The summed E-state index contributed by atoms with van der Waals surface area (Å²) in [6, 6.07) is 12.9. The second-order valence-corrected chi connectivity index (χ2v) is 3.63. The van der Waals surface area contributed by atoms with E-state index in [-0.39, 0.29) is 35.1 Å². The second-order valence-electron chi connectivity index (χ2n) is 3.63. The van der Waals surface area contributed by atoms with E-state index in [2.05, 4.69) is 10.2 Å². The summed E-state index contributed by atoms with van der Waals surface area (Å²) < 4.78 is 0. The molecule has 0 unspecified atom stereocenters. The molecule has 2 N–H and O–H groups in total. The van der Waals surface area contributed by atoms with Crippen LogP contribution in [0.3, 0.4) is 0 Å². The number of hydrogen-bond acceptors (Lipinski definition) is 5. The molecular weight excluding hydrogens is 253 g/mol. The minimum absolute atomic E-state index is 0.